The summed E-state index contributed by atoms with van der Waals surface area (Å²) in [5.74, 6) is 0.715. The first-order valence-electron chi connectivity index (χ1n) is 10.3. The normalized spacial score (nSPS) is 16.8. The molecule has 1 aliphatic rings. The van der Waals surface area contributed by atoms with E-state index in [4.69, 9.17) is 4.42 Å². The summed E-state index contributed by atoms with van der Waals surface area (Å²) >= 11 is 0. The van der Waals surface area contributed by atoms with Crippen LogP contribution in [0.2, 0.25) is 0 Å². The molecule has 0 aliphatic carbocycles. The smallest absolute Gasteiger partial charge is 0.275 e. The largest absolute Gasteiger partial charge is 0.417 e. The van der Waals surface area contributed by atoms with E-state index in [1.807, 2.05) is 43.5 Å². The number of hydrogen-bond acceptors (Lipinski definition) is 6. The van der Waals surface area contributed by atoms with E-state index in [1.165, 1.54) is 0 Å². The van der Waals surface area contributed by atoms with Crippen LogP contribution in [0, 0.1) is 0 Å². The molecule has 152 valence electrons. The Morgan fingerprint density at radius 2 is 2.07 bits per heavy atom. The Bertz CT molecular complexity index is 1190. The summed E-state index contributed by atoms with van der Waals surface area (Å²) in [6.07, 6.45) is 6.29. The fourth-order valence-electron chi connectivity index (χ4n) is 3.99. The van der Waals surface area contributed by atoms with Gasteiger partial charge in [0.15, 0.2) is 0 Å². The van der Waals surface area contributed by atoms with Gasteiger partial charge in [-0.05, 0) is 43.7 Å². The zero-order valence-electron chi connectivity index (χ0n) is 16.7. The molecule has 1 saturated heterocycles. The minimum absolute atomic E-state index is 0.102. The van der Waals surface area contributed by atoms with Crippen LogP contribution in [-0.2, 0) is 6.54 Å². The number of likely N-dealkylation sites (tertiary alicyclic amines) is 1. The van der Waals surface area contributed by atoms with Gasteiger partial charge in [0.25, 0.3) is 11.8 Å². The lowest BCUT2D eigenvalue weighted by Crippen LogP contribution is -2.39. The van der Waals surface area contributed by atoms with Crippen molar-refractivity contribution in [3.8, 4) is 11.6 Å². The van der Waals surface area contributed by atoms with Crippen molar-refractivity contribution in [1.82, 2.24) is 29.9 Å². The Morgan fingerprint density at radius 3 is 2.93 bits per heavy atom. The zero-order valence-corrected chi connectivity index (χ0v) is 16.7. The SMILES string of the molecule is CCn1ccc(C(=O)N2CCCC[C@H]2c2nnc(-c3nccc4ccccc34)o2)n1. The van der Waals surface area contributed by atoms with Gasteiger partial charge >= 0.3 is 0 Å². The molecule has 4 heterocycles. The highest BCUT2D eigenvalue weighted by molar-refractivity contribution is 5.93. The van der Waals surface area contributed by atoms with Crippen molar-refractivity contribution in [2.24, 2.45) is 0 Å². The maximum Gasteiger partial charge on any atom is 0.275 e. The van der Waals surface area contributed by atoms with Crippen molar-refractivity contribution in [3.05, 3.63) is 60.4 Å². The van der Waals surface area contributed by atoms with Gasteiger partial charge in [0, 0.05) is 30.9 Å². The Balaban J connectivity index is 1.47. The number of pyridine rings is 1. The fraction of sp³-hybridized carbons (Fsp3) is 0.318. The van der Waals surface area contributed by atoms with Crippen LogP contribution < -0.4 is 0 Å². The average Bonchev–Trinajstić information content (AvgIpc) is 3.48. The molecule has 5 rings (SSSR count). The van der Waals surface area contributed by atoms with Crippen LogP contribution in [0.3, 0.4) is 0 Å². The van der Waals surface area contributed by atoms with Crippen LogP contribution in [0.5, 0.6) is 0 Å². The van der Waals surface area contributed by atoms with E-state index in [0.717, 1.165) is 36.6 Å². The molecule has 4 aromatic rings. The molecular weight excluding hydrogens is 380 g/mol. The maximum atomic E-state index is 13.1. The van der Waals surface area contributed by atoms with Gasteiger partial charge in [0.1, 0.15) is 17.4 Å². The van der Waals surface area contributed by atoms with Crippen molar-refractivity contribution in [2.45, 2.75) is 38.8 Å². The van der Waals surface area contributed by atoms with Crippen LogP contribution in [0.4, 0.5) is 0 Å². The van der Waals surface area contributed by atoms with Crippen LogP contribution in [-0.4, -0.2) is 42.3 Å². The number of aromatic nitrogens is 5. The van der Waals surface area contributed by atoms with E-state index in [0.29, 0.717) is 29.7 Å². The average molecular weight is 402 g/mol. The van der Waals surface area contributed by atoms with Crippen molar-refractivity contribution < 1.29 is 9.21 Å². The standard InChI is InChI=1S/C22H22N6O2/c1-2-27-14-11-17(26-27)22(29)28-13-6-5-9-18(28)20-24-25-21(30-20)19-16-8-4-3-7-15(16)10-12-23-19/h3-4,7-8,10-12,14,18H,2,5-6,9,13H2,1H3/t18-/m0/s1. The Kier molecular flexibility index (Phi) is 4.74. The van der Waals surface area contributed by atoms with Crippen molar-refractivity contribution in [3.63, 3.8) is 0 Å². The molecular formula is C22H22N6O2. The fourth-order valence-corrected chi connectivity index (χ4v) is 3.99. The van der Waals surface area contributed by atoms with Gasteiger partial charge in [-0.1, -0.05) is 24.3 Å². The van der Waals surface area contributed by atoms with Crippen molar-refractivity contribution in [1.29, 1.82) is 0 Å². The topological polar surface area (TPSA) is 89.9 Å². The molecule has 1 amide bonds. The number of piperidine rings is 1. The summed E-state index contributed by atoms with van der Waals surface area (Å²) in [5, 5.41) is 14.9. The summed E-state index contributed by atoms with van der Waals surface area (Å²) in [4.78, 5) is 19.4. The number of fused-ring (bicyclic) bond motifs is 1. The Morgan fingerprint density at radius 1 is 1.17 bits per heavy atom. The summed E-state index contributed by atoms with van der Waals surface area (Å²) in [5.41, 5.74) is 1.10. The summed E-state index contributed by atoms with van der Waals surface area (Å²) in [6, 6.07) is 11.4. The van der Waals surface area contributed by atoms with E-state index in [-0.39, 0.29) is 11.9 Å². The summed E-state index contributed by atoms with van der Waals surface area (Å²) in [6.45, 7) is 3.36. The quantitative estimate of drug-likeness (QED) is 0.515. The van der Waals surface area contributed by atoms with Crippen LogP contribution in [0.15, 0.2) is 53.2 Å². The number of aryl methyl sites for hydroxylation is 1. The number of benzene rings is 1. The molecule has 0 radical (unpaired) electrons. The molecule has 30 heavy (non-hydrogen) atoms. The number of carbonyl (C=O) groups excluding carboxylic acids is 1. The Labute approximate surface area is 173 Å². The lowest BCUT2D eigenvalue weighted by atomic mass is 10.0. The number of carbonyl (C=O) groups is 1. The van der Waals surface area contributed by atoms with Gasteiger partial charge in [-0.3, -0.25) is 14.5 Å². The van der Waals surface area contributed by atoms with Gasteiger partial charge in [-0.2, -0.15) is 5.10 Å². The summed E-state index contributed by atoms with van der Waals surface area (Å²) < 4.78 is 7.81. The maximum absolute atomic E-state index is 13.1. The second kappa shape index (κ2) is 7.70. The predicted octanol–water partition coefficient (Wildman–Crippen LogP) is 3.87. The predicted molar refractivity (Wildman–Crippen MR) is 111 cm³/mol. The number of amides is 1. The highest BCUT2D eigenvalue weighted by Gasteiger charge is 2.33. The molecule has 0 unspecified atom stereocenters. The van der Waals surface area contributed by atoms with E-state index in [9.17, 15) is 4.79 Å². The highest BCUT2D eigenvalue weighted by atomic mass is 16.4. The minimum atomic E-state index is -0.255. The molecule has 8 heteroatoms. The van der Waals surface area contributed by atoms with Gasteiger partial charge in [-0.25, -0.2) is 0 Å². The molecule has 0 N–H and O–H groups in total. The third kappa shape index (κ3) is 3.24. The highest BCUT2D eigenvalue weighted by Crippen LogP contribution is 2.33. The first-order valence-corrected chi connectivity index (χ1v) is 10.3. The zero-order chi connectivity index (χ0) is 20.5. The lowest BCUT2D eigenvalue weighted by molar-refractivity contribution is 0.0565. The second-order valence-electron chi connectivity index (χ2n) is 7.39. The molecule has 0 bridgehead atoms. The molecule has 0 spiro atoms. The molecule has 1 aliphatic heterocycles. The van der Waals surface area contributed by atoms with Gasteiger partial charge in [-0.15, -0.1) is 10.2 Å². The molecule has 0 saturated carbocycles. The molecule has 1 fully saturated rings. The number of nitrogens with zero attached hydrogens (tertiary/aromatic N) is 6. The third-order valence-electron chi connectivity index (χ3n) is 5.55. The van der Waals surface area contributed by atoms with Crippen LogP contribution in [0.25, 0.3) is 22.4 Å². The van der Waals surface area contributed by atoms with E-state index < -0.39 is 0 Å². The Hall–Kier alpha value is -3.55. The first-order chi connectivity index (χ1) is 14.7. The van der Waals surface area contributed by atoms with Crippen molar-refractivity contribution in [2.75, 3.05) is 6.54 Å². The lowest BCUT2D eigenvalue weighted by Gasteiger charge is -2.32. The van der Waals surface area contributed by atoms with Gasteiger partial charge in [0.2, 0.25) is 5.89 Å². The van der Waals surface area contributed by atoms with Gasteiger partial charge < -0.3 is 9.32 Å². The number of hydrogen-bond donors (Lipinski definition) is 0. The third-order valence-corrected chi connectivity index (χ3v) is 5.55. The second-order valence-corrected chi connectivity index (χ2v) is 7.39. The number of rotatable bonds is 4. The molecule has 1 aromatic carbocycles. The minimum Gasteiger partial charge on any atom is -0.417 e. The van der Waals surface area contributed by atoms with E-state index >= 15 is 0 Å². The van der Waals surface area contributed by atoms with Crippen molar-refractivity contribution >= 4 is 16.7 Å². The first kappa shape index (κ1) is 18.5. The molecule has 1 atom stereocenters. The summed E-state index contributed by atoms with van der Waals surface area (Å²) in [7, 11) is 0. The van der Waals surface area contributed by atoms with Crippen LogP contribution in [0.1, 0.15) is 48.6 Å². The molecule has 3 aromatic heterocycles. The van der Waals surface area contributed by atoms with Crippen LogP contribution >= 0.6 is 0 Å². The van der Waals surface area contributed by atoms with Gasteiger partial charge in [0.05, 0.1) is 0 Å². The van der Waals surface area contributed by atoms with E-state index in [2.05, 4.69) is 20.3 Å². The monoisotopic (exact) mass is 402 g/mol. The molecule has 8 nitrogen and oxygen atoms in total. The van der Waals surface area contributed by atoms with E-state index in [1.54, 1.807) is 21.8 Å².